The minimum Gasteiger partial charge on any atom is -0.480 e. The van der Waals surface area contributed by atoms with Gasteiger partial charge in [0, 0.05) is 19.6 Å². The molecule has 2 saturated heterocycles. The molecule has 120 valence electrons. The Morgan fingerprint density at radius 2 is 1.76 bits per heavy atom. The number of carbonyl (C=O) groups is 2. The summed E-state index contributed by atoms with van der Waals surface area (Å²) in [5, 5.41) is 12.3. The van der Waals surface area contributed by atoms with Crippen LogP contribution in [0.4, 0.5) is 4.79 Å². The Kier molecular flexibility index (Phi) is 5.45. The van der Waals surface area contributed by atoms with Crippen LogP contribution in [-0.4, -0.2) is 65.2 Å². The summed E-state index contributed by atoms with van der Waals surface area (Å²) < 4.78 is 0. The van der Waals surface area contributed by atoms with Gasteiger partial charge in [0.2, 0.25) is 0 Å². The van der Waals surface area contributed by atoms with E-state index in [9.17, 15) is 14.7 Å². The van der Waals surface area contributed by atoms with E-state index in [2.05, 4.69) is 10.2 Å². The molecule has 21 heavy (non-hydrogen) atoms. The van der Waals surface area contributed by atoms with Crippen molar-refractivity contribution in [2.45, 2.75) is 51.0 Å². The van der Waals surface area contributed by atoms with Gasteiger partial charge < -0.3 is 20.2 Å². The molecule has 1 unspecified atom stereocenters. The summed E-state index contributed by atoms with van der Waals surface area (Å²) in [6.07, 6.45) is 6.03. The van der Waals surface area contributed by atoms with Gasteiger partial charge in [-0.25, -0.2) is 9.59 Å². The van der Waals surface area contributed by atoms with Crippen LogP contribution in [0.3, 0.4) is 0 Å². The molecule has 2 heterocycles. The smallest absolute Gasteiger partial charge is 0.329 e. The molecular formula is C15H27N3O3. The molecule has 0 aromatic heterocycles. The molecule has 2 amide bonds. The first-order chi connectivity index (χ1) is 10.0. The number of hydrogen-bond acceptors (Lipinski definition) is 3. The maximum Gasteiger partial charge on any atom is 0.329 e. The first kappa shape index (κ1) is 16.1. The highest BCUT2D eigenvalue weighted by atomic mass is 16.4. The Morgan fingerprint density at radius 3 is 2.43 bits per heavy atom. The standard InChI is InChI=1S/C15H27N3O3/c1-15(13(19)20)7-3-6-11-18(15)14(21)16-8-12-17-9-4-2-5-10-17/h2-12H2,1H3,(H,16,21)(H,19,20). The number of aliphatic carboxylic acids is 1. The summed E-state index contributed by atoms with van der Waals surface area (Å²) >= 11 is 0. The third-order valence-electron chi connectivity index (χ3n) is 4.75. The van der Waals surface area contributed by atoms with E-state index in [1.165, 1.54) is 24.2 Å². The molecule has 2 aliphatic heterocycles. The third-order valence-corrected chi connectivity index (χ3v) is 4.75. The van der Waals surface area contributed by atoms with Gasteiger partial charge in [-0.05, 0) is 52.1 Å². The van der Waals surface area contributed by atoms with E-state index in [0.29, 0.717) is 19.5 Å². The van der Waals surface area contributed by atoms with E-state index in [0.717, 1.165) is 32.5 Å². The first-order valence-corrected chi connectivity index (χ1v) is 8.05. The fourth-order valence-corrected chi connectivity index (χ4v) is 3.27. The van der Waals surface area contributed by atoms with Crippen LogP contribution >= 0.6 is 0 Å². The summed E-state index contributed by atoms with van der Waals surface area (Å²) in [6, 6.07) is -0.239. The van der Waals surface area contributed by atoms with Crippen LogP contribution in [0.2, 0.25) is 0 Å². The molecule has 2 aliphatic rings. The number of urea groups is 1. The predicted octanol–water partition coefficient (Wildman–Crippen LogP) is 1.51. The number of amides is 2. The number of rotatable bonds is 4. The normalized spacial score (nSPS) is 27.4. The van der Waals surface area contributed by atoms with E-state index in [1.54, 1.807) is 6.92 Å². The Labute approximate surface area is 126 Å². The van der Waals surface area contributed by atoms with Crippen LogP contribution in [0.25, 0.3) is 0 Å². The van der Waals surface area contributed by atoms with E-state index >= 15 is 0 Å². The molecule has 1 atom stereocenters. The average Bonchev–Trinajstić information content (AvgIpc) is 2.48. The van der Waals surface area contributed by atoms with Crippen molar-refractivity contribution in [2.24, 2.45) is 0 Å². The molecule has 0 bridgehead atoms. The van der Waals surface area contributed by atoms with Crippen LogP contribution in [0, 0.1) is 0 Å². The second-order valence-electron chi connectivity index (χ2n) is 6.32. The summed E-state index contributed by atoms with van der Waals surface area (Å²) in [5.41, 5.74) is -1.06. The number of nitrogens with zero attached hydrogens (tertiary/aromatic N) is 2. The van der Waals surface area contributed by atoms with Gasteiger partial charge in [0.1, 0.15) is 5.54 Å². The van der Waals surface area contributed by atoms with Crippen LogP contribution < -0.4 is 5.32 Å². The fraction of sp³-hybridized carbons (Fsp3) is 0.867. The summed E-state index contributed by atoms with van der Waals surface area (Å²) in [5.74, 6) is -0.909. The molecular weight excluding hydrogens is 270 g/mol. The van der Waals surface area contributed by atoms with E-state index < -0.39 is 11.5 Å². The van der Waals surface area contributed by atoms with Crippen LogP contribution in [0.15, 0.2) is 0 Å². The zero-order valence-corrected chi connectivity index (χ0v) is 12.9. The number of likely N-dealkylation sites (tertiary alicyclic amines) is 2. The molecule has 0 spiro atoms. The van der Waals surface area contributed by atoms with Crippen molar-refractivity contribution in [3.8, 4) is 0 Å². The Bertz CT molecular complexity index is 382. The number of nitrogens with one attached hydrogen (secondary N) is 1. The van der Waals surface area contributed by atoms with Gasteiger partial charge in [-0.3, -0.25) is 0 Å². The largest absolute Gasteiger partial charge is 0.480 e. The first-order valence-electron chi connectivity index (χ1n) is 8.05. The monoisotopic (exact) mass is 297 g/mol. The van der Waals surface area contributed by atoms with E-state index in [4.69, 9.17) is 0 Å². The van der Waals surface area contributed by atoms with Gasteiger partial charge in [-0.15, -0.1) is 0 Å². The van der Waals surface area contributed by atoms with Gasteiger partial charge in [0.25, 0.3) is 0 Å². The maximum atomic E-state index is 12.3. The summed E-state index contributed by atoms with van der Waals surface area (Å²) in [6.45, 7) is 5.82. The third kappa shape index (κ3) is 3.87. The lowest BCUT2D eigenvalue weighted by atomic mass is 9.89. The zero-order chi connectivity index (χ0) is 15.3. The molecule has 2 rings (SSSR count). The highest BCUT2D eigenvalue weighted by molar-refractivity contribution is 5.86. The molecule has 2 N–H and O–H groups in total. The highest BCUT2D eigenvalue weighted by Gasteiger charge is 2.43. The topological polar surface area (TPSA) is 72.9 Å². The Hall–Kier alpha value is -1.30. The summed E-state index contributed by atoms with van der Waals surface area (Å²) in [4.78, 5) is 27.6. The van der Waals surface area contributed by atoms with Crippen molar-refractivity contribution in [3.63, 3.8) is 0 Å². The summed E-state index contributed by atoms with van der Waals surface area (Å²) in [7, 11) is 0. The lowest BCUT2D eigenvalue weighted by molar-refractivity contribution is -0.150. The van der Waals surface area contributed by atoms with Gasteiger partial charge >= 0.3 is 12.0 Å². The number of carboxylic acid groups (broad SMARTS) is 1. The SMILES string of the molecule is CC1(C(=O)O)CCCCN1C(=O)NCCN1CCCCC1. The predicted molar refractivity (Wildman–Crippen MR) is 80.3 cm³/mol. The quantitative estimate of drug-likeness (QED) is 0.825. The van der Waals surface area contributed by atoms with Crippen LogP contribution in [-0.2, 0) is 4.79 Å². The molecule has 0 saturated carbocycles. The van der Waals surface area contributed by atoms with E-state index in [1.807, 2.05) is 0 Å². The number of piperidine rings is 2. The fourth-order valence-electron chi connectivity index (χ4n) is 3.27. The van der Waals surface area contributed by atoms with Crippen molar-refractivity contribution >= 4 is 12.0 Å². The van der Waals surface area contributed by atoms with Crippen molar-refractivity contribution in [1.82, 2.24) is 15.1 Å². The number of hydrogen-bond donors (Lipinski definition) is 2. The van der Waals surface area contributed by atoms with Gasteiger partial charge in [-0.1, -0.05) is 6.42 Å². The Balaban J connectivity index is 1.82. The Morgan fingerprint density at radius 1 is 1.10 bits per heavy atom. The van der Waals surface area contributed by atoms with Crippen molar-refractivity contribution in [1.29, 1.82) is 0 Å². The lowest BCUT2D eigenvalue weighted by Crippen LogP contribution is -2.60. The molecule has 0 radical (unpaired) electrons. The molecule has 0 aliphatic carbocycles. The zero-order valence-electron chi connectivity index (χ0n) is 12.9. The molecule has 6 heteroatoms. The second kappa shape index (κ2) is 7.11. The van der Waals surface area contributed by atoms with Gasteiger partial charge in [0.15, 0.2) is 0 Å². The van der Waals surface area contributed by atoms with Crippen molar-refractivity contribution in [2.75, 3.05) is 32.7 Å². The van der Waals surface area contributed by atoms with Crippen LogP contribution in [0.5, 0.6) is 0 Å². The molecule has 0 aromatic carbocycles. The molecule has 6 nitrogen and oxygen atoms in total. The lowest BCUT2D eigenvalue weighted by Gasteiger charge is -2.41. The van der Waals surface area contributed by atoms with Crippen LogP contribution in [0.1, 0.15) is 45.4 Å². The van der Waals surface area contributed by atoms with Gasteiger partial charge in [0.05, 0.1) is 0 Å². The van der Waals surface area contributed by atoms with E-state index in [-0.39, 0.29) is 6.03 Å². The average molecular weight is 297 g/mol. The molecule has 0 aromatic rings. The van der Waals surface area contributed by atoms with Gasteiger partial charge in [-0.2, -0.15) is 0 Å². The number of carboxylic acids is 1. The minimum absolute atomic E-state index is 0.239. The highest BCUT2D eigenvalue weighted by Crippen LogP contribution is 2.28. The molecule has 2 fully saturated rings. The second-order valence-corrected chi connectivity index (χ2v) is 6.32. The number of carbonyl (C=O) groups excluding carboxylic acids is 1. The van der Waals surface area contributed by atoms with Crippen molar-refractivity contribution < 1.29 is 14.7 Å². The minimum atomic E-state index is -1.06. The van der Waals surface area contributed by atoms with Crippen molar-refractivity contribution in [3.05, 3.63) is 0 Å². The maximum absolute atomic E-state index is 12.3.